The molecule has 0 saturated heterocycles. The van der Waals surface area contributed by atoms with Gasteiger partial charge in [0.15, 0.2) is 0 Å². The van der Waals surface area contributed by atoms with Gasteiger partial charge in [0.25, 0.3) is 0 Å². The van der Waals surface area contributed by atoms with Crippen LogP contribution in [0.3, 0.4) is 0 Å². The summed E-state index contributed by atoms with van der Waals surface area (Å²) in [6.45, 7) is 0. The molecule has 0 aliphatic heterocycles. The summed E-state index contributed by atoms with van der Waals surface area (Å²) in [5.74, 6) is 0.719. The number of fused-ring (bicyclic) bond motifs is 2. The van der Waals surface area contributed by atoms with Crippen molar-refractivity contribution in [3.05, 3.63) is 119 Å². The number of rotatable bonds is 4. The fourth-order valence-electron chi connectivity index (χ4n) is 4.10. The average Bonchev–Trinajstić information content (AvgIpc) is 2.79. The molecule has 0 aromatic heterocycles. The van der Waals surface area contributed by atoms with Crippen molar-refractivity contribution in [2.75, 3.05) is 0 Å². The summed E-state index contributed by atoms with van der Waals surface area (Å²) < 4.78 is 0. The van der Waals surface area contributed by atoms with E-state index in [1.165, 1.54) is 0 Å². The lowest BCUT2D eigenvalue weighted by molar-refractivity contribution is 0.475. The molecule has 0 radical (unpaired) electrons. The number of aromatic hydroxyl groups is 2. The highest BCUT2D eigenvalue weighted by molar-refractivity contribution is 5.90. The quantitative estimate of drug-likeness (QED) is 0.364. The summed E-state index contributed by atoms with van der Waals surface area (Å²) >= 11 is 0. The van der Waals surface area contributed by atoms with Gasteiger partial charge in [-0.3, -0.25) is 0 Å². The first-order valence-corrected chi connectivity index (χ1v) is 10.2. The summed E-state index contributed by atoms with van der Waals surface area (Å²) in [7, 11) is 0. The second-order valence-electron chi connectivity index (χ2n) is 7.76. The molecule has 0 unspecified atom stereocenters. The molecule has 5 aromatic rings. The highest BCUT2D eigenvalue weighted by Crippen LogP contribution is 2.32. The molecule has 5 rings (SSSR count). The Labute approximate surface area is 175 Å². The molecule has 30 heavy (non-hydrogen) atoms. The van der Waals surface area contributed by atoms with Gasteiger partial charge in [0.1, 0.15) is 11.5 Å². The monoisotopic (exact) mass is 390 g/mol. The van der Waals surface area contributed by atoms with Crippen molar-refractivity contribution in [3.63, 3.8) is 0 Å². The van der Waals surface area contributed by atoms with E-state index in [0.717, 1.165) is 43.8 Å². The van der Waals surface area contributed by atoms with Crippen LogP contribution in [0.15, 0.2) is 97.1 Å². The number of hydrogen-bond acceptors (Lipinski definition) is 2. The maximum atomic E-state index is 10.6. The molecule has 0 aliphatic carbocycles. The maximum absolute atomic E-state index is 10.6. The molecule has 0 fully saturated rings. The standard InChI is InChI=1S/C28H22O2/c29-27-23(15-13-21-5-1-3-7-25(21)27)17-19-9-11-20(12-10-19)18-24-16-14-22-6-2-4-8-26(22)28(24)30/h1-16,29-30H,17-18H2. The van der Waals surface area contributed by atoms with E-state index >= 15 is 0 Å². The maximum Gasteiger partial charge on any atom is 0.126 e. The van der Waals surface area contributed by atoms with Gasteiger partial charge in [-0.25, -0.2) is 0 Å². The van der Waals surface area contributed by atoms with Gasteiger partial charge >= 0.3 is 0 Å². The van der Waals surface area contributed by atoms with E-state index in [0.29, 0.717) is 24.3 Å². The van der Waals surface area contributed by atoms with E-state index < -0.39 is 0 Å². The van der Waals surface area contributed by atoms with Gasteiger partial charge < -0.3 is 10.2 Å². The lowest BCUT2D eigenvalue weighted by Crippen LogP contribution is -1.93. The van der Waals surface area contributed by atoms with Crippen LogP contribution < -0.4 is 0 Å². The van der Waals surface area contributed by atoms with Crippen LogP contribution in [0.1, 0.15) is 22.3 Å². The molecule has 0 saturated carbocycles. The van der Waals surface area contributed by atoms with Crippen LogP contribution in [0.4, 0.5) is 0 Å². The summed E-state index contributed by atoms with van der Waals surface area (Å²) in [6, 6.07) is 32.3. The Kier molecular flexibility index (Phi) is 4.61. The Hall–Kier alpha value is -3.78. The summed E-state index contributed by atoms with van der Waals surface area (Å²) in [5, 5.41) is 25.2. The fraction of sp³-hybridized carbons (Fsp3) is 0.0714. The predicted octanol–water partition coefficient (Wildman–Crippen LogP) is 6.59. The highest BCUT2D eigenvalue weighted by Gasteiger charge is 2.09. The first kappa shape index (κ1) is 18.3. The van der Waals surface area contributed by atoms with Crippen LogP contribution in [0.5, 0.6) is 11.5 Å². The van der Waals surface area contributed by atoms with Crippen molar-refractivity contribution in [3.8, 4) is 11.5 Å². The van der Waals surface area contributed by atoms with Gasteiger partial charge in [-0.2, -0.15) is 0 Å². The Balaban J connectivity index is 1.38. The van der Waals surface area contributed by atoms with Crippen LogP contribution >= 0.6 is 0 Å². The molecule has 146 valence electrons. The predicted molar refractivity (Wildman–Crippen MR) is 123 cm³/mol. The molecule has 0 amide bonds. The number of phenols is 2. The molecule has 0 atom stereocenters. The van der Waals surface area contributed by atoms with Gasteiger partial charge in [-0.05, 0) is 33.0 Å². The van der Waals surface area contributed by atoms with Crippen LogP contribution in [-0.4, -0.2) is 10.2 Å². The second kappa shape index (κ2) is 7.57. The minimum absolute atomic E-state index is 0.360. The van der Waals surface area contributed by atoms with Gasteiger partial charge in [0, 0.05) is 23.6 Å². The molecule has 0 spiro atoms. The van der Waals surface area contributed by atoms with Crippen molar-refractivity contribution in [1.82, 2.24) is 0 Å². The lowest BCUT2D eigenvalue weighted by atomic mass is 9.96. The van der Waals surface area contributed by atoms with Crippen LogP contribution in [0, 0.1) is 0 Å². The number of benzene rings is 5. The second-order valence-corrected chi connectivity index (χ2v) is 7.76. The molecule has 0 heterocycles. The molecule has 0 aliphatic rings. The highest BCUT2D eigenvalue weighted by atomic mass is 16.3. The molecule has 2 nitrogen and oxygen atoms in total. The smallest absolute Gasteiger partial charge is 0.126 e. The average molecular weight is 390 g/mol. The van der Waals surface area contributed by atoms with Crippen LogP contribution in [-0.2, 0) is 12.8 Å². The van der Waals surface area contributed by atoms with Crippen molar-refractivity contribution in [1.29, 1.82) is 0 Å². The van der Waals surface area contributed by atoms with E-state index in [4.69, 9.17) is 0 Å². The summed E-state index contributed by atoms with van der Waals surface area (Å²) in [5.41, 5.74) is 4.14. The SMILES string of the molecule is Oc1c(Cc2ccc(Cc3ccc4ccccc4c3O)cc2)ccc2ccccc12. The Bertz CT molecular complexity index is 1240. The first-order valence-electron chi connectivity index (χ1n) is 10.2. The molecule has 2 N–H and O–H groups in total. The Morgan fingerprint density at radius 3 is 1.27 bits per heavy atom. The zero-order chi connectivity index (χ0) is 20.5. The van der Waals surface area contributed by atoms with Gasteiger partial charge in [0.05, 0.1) is 0 Å². The normalized spacial score (nSPS) is 11.2. The van der Waals surface area contributed by atoms with E-state index in [-0.39, 0.29) is 0 Å². The minimum Gasteiger partial charge on any atom is -0.507 e. The molecule has 5 aromatic carbocycles. The van der Waals surface area contributed by atoms with Crippen molar-refractivity contribution in [2.24, 2.45) is 0 Å². The zero-order valence-electron chi connectivity index (χ0n) is 16.5. The number of hydrogen-bond donors (Lipinski definition) is 2. The summed E-state index contributed by atoms with van der Waals surface area (Å²) in [6.07, 6.45) is 1.36. The molecule has 2 heteroatoms. The summed E-state index contributed by atoms with van der Waals surface area (Å²) in [4.78, 5) is 0. The van der Waals surface area contributed by atoms with E-state index in [9.17, 15) is 10.2 Å². The van der Waals surface area contributed by atoms with E-state index in [1.54, 1.807) is 0 Å². The zero-order valence-corrected chi connectivity index (χ0v) is 16.5. The van der Waals surface area contributed by atoms with Crippen molar-refractivity contribution < 1.29 is 10.2 Å². The van der Waals surface area contributed by atoms with Gasteiger partial charge in [-0.15, -0.1) is 0 Å². The first-order chi connectivity index (χ1) is 14.7. The largest absolute Gasteiger partial charge is 0.507 e. The molecule has 0 bridgehead atoms. The van der Waals surface area contributed by atoms with Crippen LogP contribution in [0.2, 0.25) is 0 Å². The fourth-order valence-corrected chi connectivity index (χ4v) is 4.10. The minimum atomic E-state index is 0.360. The van der Waals surface area contributed by atoms with Crippen LogP contribution in [0.25, 0.3) is 21.5 Å². The topological polar surface area (TPSA) is 40.5 Å². The third-order valence-corrected chi connectivity index (χ3v) is 5.78. The Morgan fingerprint density at radius 1 is 0.433 bits per heavy atom. The Morgan fingerprint density at radius 2 is 0.833 bits per heavy atom. The van der Waals surface area contributed by atoms with Gasteiger partial charge in [0.2, 0.25) is 0 Å². The number of phenolic OH excluding ortho intramolecular Hbond substituents is 2. The van der Waals surface area contributed by atoms with E-state index in [1.807, 2.05) is 60.7 Å². The molecular weight excluding hydrogens is 368 g/mol. The van der Waals surface area contributed by atoms with Crippen molar-refractivity contribution >= 4 is 21.5 Å². The van der Waals surface area contributed by atoms with Gasteiger partial charge in [-0.1, -0.05) is 97.1 Å². The van der Waals surface area contributed by atoms with E-state index in [2.05, 4.69) is 36.4 Å². The molecular formula is C28H22O2. The lowest BCUT2D eigenvalue weighted by Gasteiger charge is -2.10. The van der Waals surface area contributed by atoms with Crippen molar-refractivity contribution in [2.45, 2.75) is 12.8 Å². The third kappa shape index (κ3) is 3.37. The third-order valence-electron chi connectivity index (χ3n) is 5.78.